The summed E-state index contributed by atoms with van der Waals surface area (Å²) in [5, 5.41) is 12.0. The molecule has 0 unspecified atom stereocenters. The van der Waals surface area contributed by atoms with Crippen molar-refractivity contribution < 1.29 is 23.6 Å². The summed E-state index contributed by atoms with van der Waals surface area (Å²) in [5.41, 5.74) is 0.0661. The van der Waals surface area contributed by atoms with Gasteiger partial charge in [-0.1, -0.05) is 16.8 Å². The van der Waals surface area contributed by atoms with Gasteiger partial charge in [-0.15, -0.1) is 0 Å². The number of methoxy groups -OCH3 is 1. The summed E-state index contributed by atoms with van der Waals surface area (Å²) in [4.78, 5) is 10.7. The lowest BCUT2D eigenvalue weighted by atomic mass is 10.1. The van der Waals surface area contributed by atoms with Crippen LogP contribution in [0.25, 0.3) is 11.3 Å². The summed E-state index contributed by atoms with van der Waals surface area (Å²) >= 11 is 5.65. The lowest BCUT2D eigenvalue weighted by Crippen LogP contribution is -1.94. The fourth-order valence-electron chi connectivity index (χ4n) is 1.39. The highest BCUT2D eigenvalue weighted by molar-refractivity contribution is 6.31. The number of carboxylic acids is 1. The van der Waals surface area contributed by atoms with Crippen molar-refractivity contribution in [2.75, 3.05) is 7.11 Å². The highest BCUT2D eigenvalue weighted by Gasteiger charge is 2.17. The van der Waals surface area contributed by atoms with Crippen LogP contribution >= 0.6 is 11.6 Å². The Morgan fingerprint density at radius 3 is 2.78 bits per heavy atom. The van der Waals surface area contributed by atoms with Crippen molar-refractivity contribution in [3.8, 4) is 17.1 Å². The van der Waals surface area contributed by atoms with Crippen molar-refractivity contribution in [1.29, 1.82) is 0 Å². The normalized spacial score (nSPS) is 10.4. The molecule has 0 bridgehead atoms. The Balaban J connectivity index is 2.55. The number of aromatic carboxylic acids is 1. The van der Waals surface area contributed by atoms with Crippen molar-refractivity contribution in [1.82, 2.24) is 5.16 Å². The van der Waals surface area contributed by atoms with Gasteiger partial charge in [-0.2, -0.15) is 0 Å². The summed E-state index contributed by atoms with van der Waals surface area (Å²) in [6.45, 7) is 0. The summed E-state index contributed by atoms with van der Waals surface area (Å²) < 4.78 is 23.1. The van der Waals surface area contributed by atoms with E-state index in [0.717, 1.165) is 6.07 Å². The number of hydrogen-bond donors (Lipinski definition) is 1. The van der Waals surface area contributed by atoms with E-state index < -0.39 is 11.8 Å². The van der Waals surface area contributed by atoms with E-state index in [1.165, 1.54) is 19.2 Å². The molecule has 0 spiro atoms. The summed E-state index contributed by atoms with van der Waals surface area (Å²) in [5.74, 6) is -1.57. The van der Waals surface area contributed by atoms with Gasteiger partial charge >= 0.3 is 5.97 Å². The number of benzene rings is 1. The molecule has 0 atom stereocenters. The van der Waals surface area contributed by atoms with Crippen molar-refractivity contribution in [3.05, 3.63) is 34.7 Å². The average molecular weight is 272 g/mol. The van der Waals surface area contributed by atoms with E-state index in [4.69, 9.17) is 26.0 Å². The Kier molecular flexibility index (Phi) is 3.20. The summed E-state index contributed by atoms with van der Waals surface area (Å²) in [6.07, 6.45) is 0. The quantitative estimate of drug-likeness (QED) is 0.929. The number of aromatic nitrogens is 1. The third-order valence-electron chi connectivity index (χ3n) is 2.24. The van der Waals surface area contributed by atoms with Crippen LogP contribution in [0.2, 0.25) is 5.02 Å². The van der Waals surface area contributed by atoms with Gasteiger partial charge in [0.25, 0.3) is 0 Å². The minimum absolute atomic E-state index is 0.126. The van der Waals surface area contributed by atoms with Gasteiger partial charge in [-0.05, 0) is 6.07 Å². The molecule has 0 aliphatic carbocycles. The summed E-state index contributed by atoms with van der Waals surface area (Å²) in [6, 6.07) is 3.57. The third-order valence-corrected chi connectivity index (χ3v) is 2.53. The first-order valence-corrected chi connectivity index (χ1v) is 5.14. The van der Waals surface area contributed by atoms with Gasteiger partial charge in [-0.3, -0.25) is 0 Å². The molecule has 5 nitrogen and oxygen atoms in total. The van der Waals surface area contributed by atoms with E-state index in [-0.39, 0.29) is 22.2 Å². The Labute approximate surface area is 106 Å². The predicted molar refractivity (Wildman–Crippen MR) is 60.4 cm³/mol. The highest BCUT2D eigenvalue weighted by Crippen LogP contribution is 2.34. The first-order valence-electron chi connectivity index (χ1n) is 4.76. The Hall–Kier alpha value is -2.08. The maximum Gasteiger partial charge on any atom is 0.358 e. The topological polar surface area (TPSA) is 72.6 Å². The Morgan fingerprint density at radius 2 is 2.22 bits per heavy atom. The number of ether oxygens (including phenoxy) is 1. The monoisotopic (exact) mass is 271 g/mol. The van der Waals surface area contributed by atoms with Gasteiger partial charge in [0.1, 0.15) is 11.6 Å². The minimum Gasteiger partial charge on any atom is -0.496 e. The zero-order valence-electron chi connectivity index (χ0n) is 9.11. The Morgan fingerprint density at radius 1 is 1.50 bits per heavy atom. The van der Waals surface area contributed by atoms with Crippen LogP contribution in [0.3, 0.4) is 0 Å². The average Bonchev–Trinajstić information content (AvgIpc) is 2.81. The molecule has 0 saturated heterocycles. The molecule has 1 aromatic carbocycles. The van der Waals surface area contributed by atoms with E-state index in [9.17, 15) is 9.18 Å². The molecule has 18 heavy (non-hydrogen) atoms. The molecule has 2 rings (SSSR count). The van der Waals surface area contributed by atoms with Crippen LogP contribution in [0.15, 0.2) is 22.7 Å². The van der Waals surface area contributed by atoms with Crippen LogP contribution < -0.4 is 4.74 Å². The maximum absolute atomic E-state index is 13.2. The molecule has 94 valence electrons. The lowest BCUT2D eigenvalue weighted by molar-refractivity contribution is 0.0686. The second kappa shape index (κ2) is 4.66. The molecular formula is C11H7ClFNO4. The summed E-state index contributed by atoms with van der Waals surface area (Å²) in [7, 11) is 1.35. The fraction of sp³-hybridized carbons (Fsp3) is 0.0909. The van der Waals surface area contributed by atoms with Crippen molar-refractivity contribution in [2.45, 2.75) is 0 Å². The number of rotatable bonds is 3. The largest absolute Gasteiger partial charge is 0.496 e. The molecule has 0 amide bonds. The van der Waals surface area contributed by atoms with Crippen LogP contribution in [-0.2, 0) is 0 Å². The molecule has 0 radical (unpaired) electrons. The molecule has 1 aromatic heterocycles. The fourth-order valence-corrected chi connectivity index (χ4v) is 1.56. The molecule has 0 fully saturated rings. The number of nitrogens with zero attached hydrogens (tertiary/aromatic N) is 1. The number of halogens is 2. The second-order valence-corrected chi connectivity index (χ2v) is 3.76. The molecular weight excluding hydrogens is 265 g/mol. The van der Waals surface area contributed by atoms with Gasteiger partial charge < -0.3 is 14.4 Å². The van der Waals surface area contributed by atoms with E-state index in [0.29, 0.717) is 5.56 Å². The van der Waals surface area contributed by atoms with E-state index in [1.54, 1.807) is 0 Å². The van der Waals surface area contributed by atoms with Crippen molar-refractivity contribution in [2.24, 2.45) is 0 Å². The van der Waals surface area contributed by atoms with Crippen LogP contribution in [-0.4, -0.2) is 23.3 Å². The van der Waals surface area contributed by atoms with Crippen molar-refractivity contribution in [3.63, 3.8) is 0 Å². The van der Waals surface area contributed by atoms with Gasteiger partial charge in [0.2, 0.25) is 0 Å². The zero-order chi connectivity index (χ0) is 13.3. The number of hydrogen-bond acceptors (Lipinski definition) is 4. The molecule has 1 heterocycles. The Bertz CT molecular complexity index is 611. The first-order chi connectivity index (χ1) is 8.52. The van der Waals surface area contributed by atoms with E-state index in [1.807, 2.05) is 0 Å². The molecule has 1 N–H and O–H groups in total. The van der Waals surface area contributed by atoms with E-state index in [2.05, 4.69) is 5.16 Å². The van der Waals surface area contributed by atoms with Crippen LogP contribution in [0, 0.1) is 5.82 Å². The zero-order valence-corrected chi connectivity index (χ0v) is 9.86. The number of carbonyl (C=O) groups is 1. The molecule has 0 aliphatic heterocycles. The van der Waals surface area contributed by atoms with Crippen molar-refractivity contribution >= 4 is 17.6 Å². The smallest absolute Gasteiger partial charge is 0.358 e. The minimum atomic E-state index is -1.22. The predicted octanol–water partition coefficient (Wildman–Crippen LogP) is 2.84. The standard InChI is InChI=1S/C11H7ClFNO4/c1-17-9-3-7(13)6(12)2-5(9)10-4-8(11(15)16)14-18-10/h2-4H,1H3,(H,15,16). The van der Waals surface area contributed by atoms with Crippen LogP contribution in [0.4, 0.5) is 4.39 Å². The first kappa shape index (κ1) is 12.4. The van der Waals surface area contributed by atoms with Gasteiger partial charge in [0.15, 0.2) is 11.5 Å². The third kappa shape index (κ3) is 2.14. The molecule has 2 aromatic rings. The number of carboxylic acid groups (broad SMARTS) is 1. The van der Waals surface area contributed by atoms with E-state index >= 15 is 0 Å². The highest BCUT2D eigenvalue weighted by atomic mass is 35.5. The lowest BCUT2D eigenvalue weighted by Gasteiger charge is -2.06. The van der Waals surface area contributed by atoms with Crippen LogP contribution in [0.5, 0.6) is 5.75 Å². The maximum atomic E-state index is 13.2. The molecule has 0 saturated carbocycles. The molecule has 0 aliphatic rings. The molecule has 7 heteroatoms. The SMILES string of the molecule is COc1cc(F)c(Cl)cc1-c1cc(C(=O)O)no1. The van der Waals surface area contributed by atoms with Gasteiger partial charge in [0, 0.05) is 12.1 Å². The van der Waals surface area contributed by atoms with Gasteiger partial charge in [-0.25, -0.2) is 9.18 Å². The van der Waals surface area contributed by atoms with Crippen LogP contribution in [0.1, 0.15) is 10.5 Å². The second-order valence-electron chi connectivity index (χ2n) is 3.35. The van der Waals surface area contributed by atoms with Gasteiger partial charge in [0.05, 0.1) is 17.7 Å².